The van der Waals surface area contributed by atoms with Gasteiger partial charge in [-0.3, -0.25) is 4.98 Å². The van der Waals surface area contributed by atoms with Crippen LogP contribution in [-0.2, 0) is 4.74 Å². The Morgan fingerprint density at radius 1 is 1.12 bits per heavy atom. The van der Waals surface area contributed by atoms with Crippen molar-refractivity contribution in [3.63, 3.8) is 0 Å². The summed E-state index contributed by atoms with van der Waals surface area (Å²) in [5, 5.41) is 1.09. The van der Waals surface area contributed by atoms with Gasteiger partial charge < -0.3 is 9.14 Å². The van der Waals surface area contributed by atoms with Gasteiger partial charge in [0.05, 0.1) is 12.1 Å². The van der Waals surface area contributed by atoms with E-state index >= 15 is 0 Å². The van der Waals surface area contributed by atoms with Crippen LogP contribution in [0.15, 0.2) is 61.2 Å². The Bertz CT molecular complexity index is 1050. The van der Waals surface area contributed by atoms with Gasteiger partial charge in [0.25, 0.3) is 0 Å². The van der Waals surface area contributed by atoms with Crippen LogP contribution in [0.5, 0.6) is 0 Å². The average molecular weight is 317 g/mol. The second kappa shape index (κ2) is 5.77. The third kappa shape index (κ3) is 2.50. The topological polar surface area (TPSA) is 56.5 Å². The molecule has 0 bridgehead atoms. The molecule has 118 valence electrons. The van der Waals surface area contributed by atoms with Crippen molar-refractivity contribution in [3.05, 3.63) is 66.9 Å². The van der Waals surface area contributed by atoms with E-state index in [1.165, 1.54) is 0 Å². The van der Waals surface area contributed by atoms with Gasteiger partial charge in [-0.15, -0.1) is 0 Å². The molecular formula is C19H15N3O2. The molecule has 24 heavy (non-hydrogen) atoms. The molecule has 0 aliphatic carbocycles. The third-order valence-electron chi connectivity index (χ3n) is 3.89. The van der Waals surface area contributed by atoms with Crippen molar-refractivity contribution in [1.82, 2.24) is 14.4 Å². The van der Waals surface area contributed by atoms with E-state index in [4.69, 9.17) is 4.74 Å². The largest absolute Gasteiger partial charge is 0.461 e. The van der Waals surface area contributed by atoms with E-state index in [-0.39, 0.29) is 0 Å². The zero-order chi connectivity index (χ0) is 16.5. The molecule has 3 heterocycles. The molecule has 0 fully saturated rings. The lowest BCUT2D eigenvalue weighted by Crippen LogP contribution is -2.07. The maximum absolute atomic E-state index is 11.8. The summed E-state index contributed by atoms with van der Waals surface area (Å²) in [4.78, 5) is 20.5. The van der Waals surface area contributed by atoms with E-state index in [1.807, 2.05) is 47.1 Å². The summed E-state index contributed by atoms with van der Waals surface area (Å²) in [7, 11) is 0. The fraction of sp³-hybridized carbons (Fsp3) is 0.105. The summed E-state index contributed by atoms with van der Waals surface area (Å²) in [6.07, 6.45) is 5.46. The van der Waals surface area contributed by atoms with Crippen molar-refractivity contribution < 1.29 is 9.53 Å². The minimum atomic E-state index is -0.407. The summed E-state index contributed by atoms with van der Waals surface area (Å²) in [5.74, 6) is -0.407. The molecule has 0 saturated carbocycles. The van der Waals surface area contributed by atoms with E-state index in [0.29, 0.717) is 12.3 Å². The number of pyridine rings is 1. The van der Waals surface area contributed by atoms with Crippen LogP contribution in [0.3, 0.4) is 0 Å². The van der Waals surface area contributed by atoms with Crippen LogP contribution in [0.1, 0.15) is 17.4 Å². The standard InChI is InChI=1S/C19H15N3O2/c1-2-24-19(23)18-9-16-8-15(11-22(16)12-21-18)14-7-13-5-3-4-6-17(13)20-10-14/h3-12H,2H2,1H3. The van der Waals surface area contributed by atoms with Gasteiger partial charge in [0.1, 0.15) is 6.33 Å². The van der Waals surface area contributed by atoms with E-state index in [9.17, 15) is 4.79 Å². The fourth-order valence-electron chi connectivity index (χ4n) is 2.72. The van der Waals surface area contributed by atoms with Crippen molar-refractivity contribution in [2.75, 3.05) is 6.61 Å². The van der Waals surface area contributed by atoms with Crippen LogP contribution in [0.2, 0.25) is 0 Å². The van der Waals surface area contributed by atoms with E-state index in [0.717, 1.165) is 27.5 Å². The average Bonchev–Trinajstić information content (AvgIpc) is 3.04. The molecule has 0 unspecified atom stereocenters. The molecule has 0 spiro atoms. The second-order valence-electron chi connectivity index (χ2n) is 5.47. The van der Waals surface area contributed by atoms with Gasteiger partial charge in [0.2, 0.25) is 0 Å². The van der Waals surface area contributed by atoms with Gasteiger partial charge in [-0.25, -0.2) is 9.78 Å². The highest BCUT2D eigenvalue weighted by atomic mass is 16.5. The summed E-state index contributed by atoms with van der Waals surface area (Å²) in [6, 6.07) is 13.9. The molecule has 0 radical (unpaired) electrons. The Balaban J connectivity index is 1.77. The van der Waals surface area contributed by atoms with Crippen molar-refractivity contribution in [1.29, 1.82) is 0 Å². The van der Waals surface area contributed by atoms with Crippen LogP contribution in [0, 0.1) is 0 Å². The molecule has 5 nitrogen and oxygen atoms in total. The minimum absolute atomic E-state index is 0.311. The lowest BCUT2D eigenvalue weighted by Gasteiger charge is -2.01. The van der Waals surface area contributed by atoms with E-state index < -0.39 is 5.97 Å². The molecule has 0 saturated heterocycles. The number of carbonyl (C=O) groups excluding carboxylic acids is 1. The summed E-state index contributed by atoms with van der Waals surface area (Å²) >= 11 is 0. The molecule has 5 heteroatoms. The number of para-hydroxylation sites is 1. The van der Waals surface area contributed by atoms with Gasteiger partial charge >= 0.3 is 5.97 Å². The van der Waals surface area contributed by atoms with Crippen LogP contribution in [0.25, 0.3) is 27.5 Å². The number of rotatable bonds is 3. The van der Waals surface area contributed by atoms with Crippen LogP contribution in [0.4, 0.5) is 0 Å². The number of fused-ring (bicyclic) bond motifs is 2. The van der Waals surface area contributed by atoms with Gasteiger partial charge in [0, 0.05) is 34.4 Å². The van der Waals surface area contributed by atoms with Crippen molar-refractivity contribution in [2.24, 2.45) is 0 Å². The van der Waals surface area contributed by atoms with Gasteiger partial charge in [-0.1, -0.05) is 18.2 Å². The Hall–Kier alpha value is -3.21. The lowest BCUT2D eigenvalue weighted by molar-refractivity contribution is 0.0519. The van der Waals surface area contributed by atoms with Crippen molar-refractivity contribution in [3.8, 4) is 11.1 Å². The highest BCUT2D eigenvalue weighted by Crippen LogP contribution is 2.25. The smallest absolute Gasteiger partial charge is 0.357 e. The van der Waals surface area contributed by atoms with Gasteiger partial charge in [-0.2, -0.15) is 0 Å². The predicted octanol–water partition coefficient (Wildman–Crippen LogP) is 3.73. The summed E-state index contributed by atoms with van der Waals surface area (Å²) in [5.41, 5.74) is 4.21. The van der Waals surface area contributed by atoms with Crippen LogP contribution >= 0.6 is 0 Å². The van der Waals surface area contributed by atoms with E-state index in [2.05, 4.69) is 16.0 Å². The SMILES string of the molecule is CCOC(=O)c1cc2cc(-c3cnc4ccccc4c3)cn2cn1. The highest BCUT2D eigenvalue weighted by molar-refractivity contribution is 5.89. The first-order valence-corrected chi connectivity index (χ1v) is 7.74. The maximum atomic E-state index is 11.8. The highest BCUT2D eigenvalue weighted by Gasteiger charge is 2.11. The molecule has 3 aromatic heterocycles. The normalized spacial score (nSPS) is 11.0. The molecule has 0 atom stereocenters. The minimum Gasteiger partial charge on any atom is -0.461 e. The second-order valence-corrected chi connectivity index (χ2v) is 5.47. The summed E-state index contributed by atoms with van der Waals surface area (Å²) < 4.78 is 6.88. The number of benzene rings is 1. The van der Waals surface area contributed by atoms with Crippen LogP contribution in [-0.4, -0.2) is 26.9 Å². The fourth-order valence-corrected chi connectivity index (χ4v) is 2.72. The van der Waals surface area contributed by atoms with E-state index in [1.54, 1.807) is 19.3 Å². The Kier molecular flexibility index (Phi) is 3.46. The van der Waals surface area contributed by atoms with Crippen molar-refractivity contribution >= 4 is 22.4 Å². The zero-order valence-electron chi connectivity index (χ0n) is 13.1. The molecule has 4 rings (SSSR count). The molecular weight excluding hydrogens is 302 g/mol. The van der Waals surface area contributed by atoms with Gasteiger partial charge in [0.15, 0.2) is 5.69 Å². The maximum Gasteiger partial charge on any atom is 0.357 e. The quantitative estimate of drug-likeness (QED) is 0.540. The van der Waals surface area contributed by atoms with Gasteiger partial charge in [-0.05, 0) is 31.2 Å². The zero-order valence-corrected chi connectivity index (χ0v) is 13.1. The first-order chi connectivity index (χ1) is 11.7. The lowest BCUT2D eigenvalue weighted by atomic mass is 10.1. The first-order valence-electron chi connectivity index (χ1n) is 7.74. The third-order valence-corrected chi connectivity index (χ3v) is 3.89. The number of ether oxygens (including phenoxy) is 1. The molecule has 0 aliphatic heterocycles. The van der Waals surface area contributed by atoms with Crippen molar-refractivity contribution in [2.45, 2.75) is 6.92 Å². The van der Waals surface area contributed by atoms with Crippen LogP contribution < -0.4 is 0 Å². The number of nitrogens with zero attached hydrogens (tertiary/aromatic N) is 3. The Labute approximate surface area is 138 Å². The number of aromatic nitrogens is 3. The Morgan fingerprint density at radius 2 is 2.00 bits per heavy atom. The molecule has 1 aromatic carbocycles. The first kappa shape index (κ1) is 14.4. The number of hydrogen-bond acceptors (Lipinski definition) is 4. The molecule has 0 N–H and O–H groups in total. The predicted molar refractivity (Wildman–Crippen MR) is 91.9 cm³/mol. The molecule has 4 aromatic rings. The molecule has 0 amide bonds. The number of esters is 1. The number of hydrogen-bond donors (Lipinski definition) is 0. The summed E-state index contributed by atoms with van der Waals surface area (Å²) in [6.45, 7) is 2.11. The Morgan fingerprint density at radius 3 is 2.88 bits per heavy atom. The molecule has 0 aliphatic rings. The number of carbonyl (C=O) groups is 1. The monoisotopic (exact) mass is 317 g/mol.